The summed E-state index contributed by atoms with van der Waals surface area (Å²) in [5, 5.41) is 17.0. The Balaban J connectivity index is 3.27. The highest BCUT2D eigenvalue weighted by Crippen LogP contribution is 2.08. The van der Waals surface area contributed by atoms with Crippen molar-refractivity contribution in [2.24, 2.45) is 0 Å². The highest BCUT2D eigenvalue weighted by Gasteiger charge is 2.16. The Labute approximate surface area is 71.8 Å². The van der Waals surface area contributed by atoms with Crippen LogP contribution in [-0.2, 0) is 0 Å². The van der Waals surface area contributed by atoms with Gasteiger partial charge in [0.1, 0.15) is 11.4 Å². The number of carbonyl (C=O) groups is 3. The fourth-order valence-electron chi connectivity index (χ4n) is 0.856. The molecular weight excluding hydrogens is 178 g/mol. The Bertz CT molecular complexity index is 378. The first-order chi connectivity index (χ1) is 6.06. The Morgan fingerprint density at radius 1 is 1.31 bits per heavy atom. The van der Waals surface area contributed by atoms with Gasteiger partial charge in [-0.25, -0.2) is 9.59 Å². The smallest absolute Gasteiger partial charge is 0.353 e. The number of hydrogen-bond donors (Lipinski definition) is 3. The maximum absolute atomic E-state index is 10.4. The number of carbonyl (C=O) groups excluding carboxylic acids is 1. The lowest BCUT2D eigenvalue weighted by Gasteiger charge is -1.88. The molecule has 6 heteroatoms. The van der Waals surface area contributed by atoms with Crippen LogP contribution in [0.5, 0.6) is 0 Å². The molecule has 6 nitrogen and oxygen atoms in total. The van der Waals surface area contributed by atoms with E-state index in [1.165, 1.54) is 0 Å². The molecule has 0 amide bonds. The van der Waals surface area contributed by atoms with Gasteiger partial charge in [-0.05, 0) is 6.07 Å². The molecule has 1 aromatic heterocycles. The number of hydrogen-bond acceptors (Lipinski definition) is 3. The van der Waals surface area contributed by atoms with Gasteiger partial charge in [-0.2, -0.15) is 0 Å². The average molecular weight is 183 g/mol. The number of H-pyrrole nitrogens is 1. The number of carboxylic acids is 2. The zero-order valence-corrected chi connectivity index (χ0v) is 6.27. The molecule has 0 radical (unpaired) electrons. The molecule has 0 atom stereocenters. The lowest BCUT2D eigenvalue weighted by molar-refractivity contribution is 0.0687. The van der Waals surface area contributed by atoms with E-state index in [1.54, 1.807) is 0 Å². The molecule has 0 aliphatic heterocycles. The summed E-state index contributed by atoms with van der Waals surface area (Å²) in [4.78, 5) is 33.2. The highest BCUT2D eigenvalue weighted by atomic mass is 16.4. The summed E-state index contributed by atoms with van der Waals surface area (Å²) >= 11 is 0. The molecule has 1 heterocycles. The van der Waals surface area contributed by atoms with Crippen molar-refractivity contribution < 1.29 is 24.6 Å². The number of aldehydes is 1. The van der Waals surface area contributed by atoms with Crippen LogP contribution in [-0.4, -0.2) is 33.4 Å². The van der Waals surface area contributed by atoms with E-state index >= 15 is 0 Å². The maximum atomic E-state index is 10.4. The molecule has 1 rings (SSSR count). The molecule has 13 heavy (non-hydrogen) atoms. The molecule has 0 unspecified atom stereocenters. The fraction of sp³-hybridized carbons (Fsp3) is 0. The van der Waals surface area contributed by atoms with Crippen molar-refractivity contribution in [1.82, 2.24) is 4.98 Å². The maximum Gasteiger partial charge on any atom is 0.353 e. The zero-order valence-electron chi connectivity index (χ0n) is 6.27. The summed E-state index contributed by atoms with van der Waals surface area (Å²) in [6.07, 6.45) is 0.284. The van der Waals surface area contributed by atoms with Gasteiger partial charge in [-0.3, -0.25) is 4.79 Å². The van der Waals surface area contributed by atoms with E-state index in [2.05, 4.69) is 4.98 Å². The van der Waals surface area contributed by atoms with Gasteiger partial charge in [0, 0.05) is 5.56 Å². The second-order valence-electron chi connectivity index (χ2n) is 2.24. The van der Waals surface area contributed by atoms with Crippen molar-refractivity contribution in [3.8, 4) is 0 Å². The topological polar surface area (TPSA) is 107 Å². The fourth-order valence-corrected chi connectivity index (χ4v) is 0.856. The molecule has 0 spiro atoms. The van der Waals surface area contributed by atoms with Gasteiger partial charge in [0.25, 0.3) is 0 Å². The zero-order chi connectivity index (χ0) is 10.0. The summed E-state index contributed by atoms with van der Waals surface area (Å²) in [7, 11) is 0. The van der Waals surface area contributed by atoms with Crippen LogP contribution in [0.15, 0.2) is 6.07 Å². The van der Waals surface area contributed by atoms with E-state index in [9.17, 15) is 14.4 Å². The minimum absolute atomic E-state index is 0.176. The summed E-state index contributed by atoms with van der Waals surface area (Å²) in [5.41, 5.74) is -0.906. The number of carboxylic acid groups (broad SMARTS) is 2. The quantitative estimate of drug-likeness (QED) is 0.581. The number of aromatic amines is 1. The van der Waals surface area contributed by atoms with Crippen molar-refractivity contribution >= 4 is 18.2 Å². The van der Waals surface area contributed by atoms with Crippen molar-refractivity contribution in [3.05, 3.63) is 23.0 Å². The van der Waals surface area contributed by atoms with E-state index in [0.29, 0.717) is 0 Å². The number of nitrogens with one attached hydrogen (secondary N) is 1. The molecule has 0 saturated carbocycles. The average Bonchev–Trinajstić information content (AvgIpc) is 2.47. The van der Waals surface area contributed by atoms with E-state index in [4.69, 9.17) is 10.2 Å². The van der Waals surface area contributed by atoms with Gasteiger partial charge in [0.15, 0.2) is 6.29 Å². The second kappa shape index (κ2) is 3.10. The summed E-state index contributed by atoms with van der Waals surface area (Å²) in [6, 6.07) is 0.971. The summed E-state index contributed by atoms with van der Waals surface area (Å²) in [5.74, 6) is -2.68. The molecule has 0 aliphatic carbocycles. The largest absolute Gasteiger partial charge is 0.477 e. The van der Waals surface area contributed by atoms with Crippen LogP contribution in [0.2, 0.25) is 0 Å². The summed E-state index contributed by atoms with van der Waals surface area (Å²) in [6.45, 7) is 0. The second-order valence-corrected chi connectivity index (χ2v) is 2.24. The SMILES string of the molecule is O=Cc1cc(C(=O)O)[nH]c1C(=O)O. The van der Waals surface area contributed by atoms with Crippen LogP contribution in [0.3, 0.4) is 0 Å². The lowest BCUT2D eigenvalue weighted by Crippen LogP contribution is -2.02. The highest BCUT2D eigenvalue weighted by molar-refractivity contribution is 5.99. The molecule has 0 aliphatic rings. The van der Waals surface area contributed by atoms with Crippen molar-refractivity contribution in [1.29, 1.82) is 0 Å². The van der Waals surface area contributed by atoms with Gasteiger partial charge in [-0.15, -0.1) is 0 Å². The van der Waals surface area contributed by atoms with Gasteiger partial charge in [-0.1, -0.05) is 0 Å². The van der Waals surface area contributed by atoms with Crippen molar-refractivity contribution in [2.75, 3.05) is 0 Å². The predicted octanol–water partition coefficient (Wildman–Crippen LogP) is 0.224. The van der Waals surface area contributed by atoms with E-state index in [-0.39, 0.29) is 17.5 Å². The van der Waals surface area contributed by atoms with E-state index < -0.39 is 17.6 Å². The van der Waals surface area contributed by atoms with E-state index in [1.807, 2.05) is 0 Å². The molecular formula is C7H5NO5. The minimum atomic E-state index is -1.37. The van der Waals surface area contributed by atoms with Crippen LogP contribution in [0, 0.1) is 0 Å². The van der Waals surface area contributed by atoms with Crippen LogP contribution in [0.4, 0.5) is 0 Å². The molecule has 0 saturated heterocycles. The van der Waals surface area contributed by atoms with Crippen LogP contribution < -0.4 is 0 Å². The molecule has 0 aromatic carbocycles. The third kappa shape index (κ3) is 1.56. The number of aromatic nitrogens is 1. The Morgan fingerprint density at radius 2 is 1.92 bits per heavy atom. The molecule has 0 bridgehead atoms. The van der Waals surface area contributed by atoms with Crippen molar-refractivity contribution in [2.45, 2.75) is 0 Å². The Kier molecular flexibility index (Phi) is 2.14. The molecule has 3 N–H and O–H groups in total. The molecule has 1 aromatic rings. The van der Waals surface area contributed by atoms with Crippen molar-refractivity contribution in [3.63, 3.8) is 0 Å². The third-order valence-electron chi connectivity index (χ3n) is 1.42. The first-order valence-electron chi connectivity index (χ1n) is 3.21. The first kappa shape index (κ1) is 8.98. The minimum Gasteiger partial charge on any atom is -0.477 e. The monoisotopic (exact) mass is 183 g/mol. The first-order valence-corrected chi connectivity index (χ1v) is 3.21. The number of rotatable bonds is 3. The van der Waals surface area contributed by atoms with Gasteiger partial charge < -0.3 is 15.2 Å². The van der Waals surface area contributed by atoms with Crippen LogP contribution in [0.1, 0.15) is 31.3 Å². The predicted molar refractivity (Wildman–Crippen MR) is 40.1 cm³/mol. The Morgan fingerprint density at radius 3 is 2.23 bits per heavy atom. The van der Waals surface area contributed by atoms with Crippen LogP contribution in [0.25, 0.3) is 0 Å². The van der Waals surface area contributed by atoms with E-state index in [0.717, 1.165) is 6.07 Å². The standard InChI is InChI=1S/C7H5NO5/c9-2-3-1-4(6(10)11)8-5(3)7(12)13/h1-2,8H,(H,10,11)(H,12,13). The normalized spacial score (nSPS) is 9.54. The lowest BCUT2D eigenvalue weighted by atomic mass is 10.2. The van der Waals surface area contributed by atoms with Gasteiger partial charge in [0.2, 0.25) is 0 Å². The number of aromatic carboxylic acids is 2. The summed E-state index contributed by atoms with van der Waals surface area (Å²) < 4.78 is 0. The van der Waals surface area contributed by atoms with Gasteiger partial charge >= 0.3 is 11.9 Å². The Hall–Kier alpha value is -2.11. The molecule has 0 fully saturated rings. The third-order valence-corrected chi connectivity index (χ3v) is 1.42. The van der Waals surface area contributed by atoms with Gasteiger partial charge in [0.05, 0.1) is 0 Å². The van der Waals surface area contributed by atoms with Crippen LogP contribution >= 0.6 is 0 Å². The molecule has 68 valence electrons.